The molecule has 1 aliphatic rings. The zero-order chi connectivity index (χ0) is 28.3. The van der Waals surface area contributed by atoms with Gasteiger partial charge in [0.2, 0.25) is 11.8 Å². The fourth-order valence-corrected chi connectivity index (χ4v) is 5.23. The van der Waals surface area contributed by atoms with Crippen molar-refractivity contribution in [2.75, 3.05) is 10.6 Å². The average Bonchev–Trinajstić information content (AvgIpc) is 3.01. The number of nitrogens with one attached hydrogen (secondary N) is 1. The topological polar surface area (TPSA) is 92.5 Å². The summed E-state index contributed by atoms with van der Waals surface area (Å²) >= 11 is 0. The molecule has 0 fully saturated rings. The summed E-state index contributed by atoms with van der Waals surface area (Å²) in [5, 5.41) is 2.75. The van der Waals surface area contributed by atoms with Gasteiger partial charge in [-0.1, -0.05) is 63.1 Å². The minimum Gasteiger partial charge on any atom is -0.398 e. The van der Waals surface area contributed by atoms with Gasteiger partial charge >= 0.3 is 0 Å². The number of amides is 3. The van der Waals surface area contributed by atoms with Gasteiger partial charge in [0.05, 0.1) is 18.0 Å². The highest BCUT2D eigenvalue weighted by Crippen LogP contribution is 2.44. The fraction of sp³-hybridized carbons (Fsp3) is 0.323. The van der Waals surface area contributed by atoms with Crippen LogP contribution in [0.5, 0.6) is 0 Å². The molecule has 0 bridgehead atoms. The van der Waals surface area contributed by atoms with Crippen molar-refractivity contribution in [1.29, 1.82) is 0 Å². The summed E-state index contributed by atoms with van der Waals surface area (Å²) in [7, 11) is 0. The Hall–Kier alpha value is -4.07. The molecule has 2 atom stereocenters. The van der Waals surface area contributed by atoms with E-state index in [0.717, 1.165) is 34.9 Å². The lowest BCUT2D eigenvalue weighted by molar-refractivity contribution is -0.131. The molecule has 0 saturated carbocycles. The van der Waals surface area contributed by atoms with Crippen molar-refractivity contribution < 1.29 is 23.2 Å². The number of imide groups is 1. The molecule has 3 aromatic carbocycles. The van der Waals surface area contributed by atoms with E-state index in [1.165, 1.54) is 6.07 Å². The van der Waals surface area contributed by atoms with Crippen molar-refractivity contribution in [2.45, 2.75) is 58.4 Å². The van der Waals surface area contributed by atoms with E-state index in [-0.39, 0.29) is 17.9 Å². The predicted octanol–water partition coefficient (Wildman–Crippen LogP) is 5.74. The first-order valence-corrected chi connectivity index (χ1v) is 13.2. The molecule has 0 aromatic heterocycles. The van der Waals surface area contributed by atoms with Gasteiger partial charge in [-0.3, -0.25) is 14.4 Å². The quantitative estimate of drug-likeness (QED) is 0.361. The van der Waals surface area contributed by atoms with Crippen LogP contribution in [0, 0.1) is 17.6 Å². The number of rotatable bonds is 8. The standard InChI is InChI=1S/C31H33F2N3O3/c1-4-19(5-2)15-26(35-28(37)16-20-13-14-21(32)17-24(20)33)31(39)36-27-12-8-11-25(34)29(27)23-10-7-6-9-22(23)18(3)30(36)38/h6-14,17-19,26H,4-5,15-16,34H2,1-3H3,(H,35,37)/t18?,26-/m0/s1. The Labute approximate surface area is 227 Å². The lowest BCUT2D eigenvalue weighted by atomic mass is 9.91. The molecule has 1 heterocycles. The van der Waals surface area contributed by atoms with Crippen molar-refractivity contribution in [1.82, 2.24) is 5.32 Å². The summed E-state index contributed by atoms with van der Waals surface area (Å²) in [4.78, 5) is 42.3. The molecule has 0 spiro atoms. The smallest absolute Gasteiger partial charge is 0.256 e. The first kappa shape index (κ1) is 28.0. The molecule has 4 rings (SSSR count). The van der Waals surface area contributed by atoms with Gasteiger partial charge in [0.1, 0.15) is 17.7 Å². The van der Waals surface area contributed by atoms with Gasteiger partial charge in [-0.2, -0.15) is 0 Å². The zero-order valence-electron chi connectivity index (χ0n) is 22.3. The number of carbonyl (C=O) groups is 3. The molecule has 1 aliphatic heterocycles. The maximum atomic E-state index is 14.2. The van der Waals surface area contributed by atoms with E-state index in [1.54, 1.807) is 25.1 Å². The van der Waals surface area contributed by atoms with E-state index in [4.69, 9.17) is 5.73 Å². The molecule has 204 valence electrons. The van der Waals surface area contributed by atoms with Crippen molar-refractivity contribution in [3.05, 3.63) is 83.4 Å². The van der Waals surface area contributed by atoms with Gasteiger partial charge in [0.15, 0.2) is 0 Å². The molecule has 3 aromatic rings. The van der Waals surface area contributed by atoms with Crippen LogP contribution in [0.1, 0.15) is 57.1 Å². The van der Waals surface area contributed by atoms with E-state index in [0.29, 0.717) is 29.4 Å². The van der Waals surface area contributed by atoms with Gasteiger partial charge in [-0.15, -0.1) is 0 Å². The number of hydrogen-bond acceptors (Lipinski definition) is 4. The third-order valence-electron chi connectivity index (χ3n) is 7.55. The van der Waals surface area contributed by atoms with Gasteiger partial charge in [0.25, 0.3) is 5.91 Å². The van der Waals surface area contributed by atoms with Crippen molar-refractivity contribution in [3.8, 4) is 11.1 Å². The third-order valence-corrected chi connectivity index (χ3v) is 7.55. The number of nitrogens with zero attached hydrogens (tertiary/aromatic N) is 1. The molecule has 1 unspecified atom stereocenters. The van der Waals surface area contributed by atoms with Crippen LogP contribution in [0.25, 0.3) is 11.1 Å². The monoisotopic (exact) mass is 533 g/mol. The molecule has 3 N–H and O–H groups in total. The van der Waals surface area contributed by atoms with Crippen LogP contribution >= 0.6 is 0 Å². The van der Waals surface area contributed by atoms with E-state index in [9.17, 15) is 23.2 Å². The lowest BCUT2D eigenvalue weighted by Crippen LogP contribution is -2.52. The number of halogens is 2. The van der Waals surface area contributed by atoms with Gasteiger partial charge in [0, 0.05) is 17.3 Å². The highest BCUT2D eigenvalue weighted by Gasteiger charge is 2.39. The minimum absolute atomic E-state index is 0.00988. The molecule has 8 heteroatoms. The Bertz CT molecular complexity index is 1400. The van der Waals surface area contributed by atoms with Crippen LogP contribution in [-0.4, -0.2) is 23.8 Å². The number of nitrogen functional groups attached to an aromatic ring is 1. The van der Waals surface area contributed by atoms with Crippen LogP contribution in [0.3, 0.4) is 0 Å². The summed E-state index contributed by atoms with van der Waals surface area (Å²) in [5.41, 5.74) is 9.29. The van der Waals surface area contributed by atoms with E-state index in [1.807, 2.05) is 38.1 Å². The summed E-state index contributed by atoms with van der Waals surface area (Å²) in [6.45, 7) is 5.74. The largest absolute Gasteiger partial charge is 0.398 e. The van der Waals surface area contributed by atoms with Crippen molar-refractivity contribution in [2.24, 2.45) is 5.92 Å². The molecule has 0 radical (unpaired) electrons. The van der Waals surface area contributed by atoms with Crippen LogP contribution in [0.2, 0.25) is 0 Å². The van der Waals surface area contributed by atoms with Crippen molar-refractivity contribution >= 4 is 29.1 Å². The van der Waals surface area contributed by atoms with Crippen LogP contribution in [-0.2, 0) is 20.8 Å². The Balaban J connectivity index is 1.73. The average molecular weight is 534 g/mol. The molecule has 3 amide bonds. The number of anilines is 2. The Morgan fingerprint density at radius 1 is 1.03 bits per heavy atom. The second-order valence-corrected chi connectivity index (χ2v) is 10.0. The molecule has 39 heavy (non-hydrogen) atoms. The normalized spacial score (nSPS) is 15.4. The Kier molecular flexibility index (Phi) is 8.43. The van der Waals surface area contributed by atoms with Crippen molar-refractivity contribution in [3.63, 3.8) is 0 Å². The first-order chi connectivity index (χ1) is 18.7. The molecular formula is C31H33F2N3O3. The molecule has 0 aliphatic carbocycles. The Morgan fingerprint density at radius 3 is 2.44 bits per heavy atom. The van der Waals surface area contributed by atoms with E-state index < -0.39 is 41.3 Å². The maximum absolute atomic E-state index is 14.2. The first-order valence-electron chi connectivity index (χ1n) is 13.2. The predicted molar refractivity (Wildman–Crippen MR) is 148 cm³/mol. The SMILES string of the molecule is CCC(CC)C[C@H](NC(=O)Cc1ccc(F)cc1F)C(=O)N1C(=O)C(C)c2ccccc2-c2c(N)cccc21. The third kappa shape index (κ3) is 5.70. The van der Waals surface area contributed by atoms with E-state index >= 15 is 0 Å². The summed E-state index contributed by atoms with van der Waals surface area (Å²) in [6, 6.07) is 14.5. The molecule has 0 saturated heterocycles. The molecular weight excluding hydrogens is 500 g/mol. The van der Waals surface area contributed by atoms with Crippen LogP contribution in [0.15, 0.2) is 60.7 Å². The number of benzene rings is 3. The highest BCUT2D eigenvalue weighted by atomic mass is 19.1. The summed E-state index contributed by atoms with van der Waals surface area (Å²) in [6.07, 6.45) is 1.45. The number of fused-ring (bicyclic) bond motifs is 3. The Morgan fingerprint density at radius 2 is 1.74 bits per heavy atom. The molecule has 6 nitrogen and oxygen atoms in total. The lowest BCUT2D eigenvalue weighted by Gasteiger charge is -2.30. The second-order valence-electron chi connectivity index (χ2n) is 10.0. The van der Waals surface area contributed by atoms with Gasteiger partial charge < -0.3 is 11.1 Å². The maximum Gasteiger partial charge on any atom is 0.256 e. The number of carbonyl (C=O) groups excluding carboxylic acids is 3. The minimum atomic E-state index is -1.04. The number of nitrogens with two attached hydrogens (primary N) is 1. The van der Waals surface area contributed by atoms with Crippen LogP contribution in [0.4, 0.5) is 20.2 Å². The summed E-state index contributed by atoms with van der Waals surface area (Å²) < 4.78 is 27.6. The van der Waals surface area contributed by atoms with Gasteiger partial charge in [-0.05, 0) is 54.2 Å². The van der Waals surface area contributed by atoms with Gasteiger partial charge in [-0.25, -0.2) is 13.7 Å². The highest BCUT2D eigenvalue weighted by molar-refractivity contribution is 6.22. The van der Waals surface area contributed by atoms with Crippen LogP contribution < -0.4 is 16.0 Å². The van der Waals surface area contributed by atoms with E-state index in [2.05, 4.69) is 5.32 Å². The zero-order valence-corrected chi connectivity index (χ0v) is 22.3. The fourth-order valence-electron chi connectivity index (χ4n) is 5.23. The number of hydrogen-bond donors (Lipinski definition) is 2. The second kappa shape index (κ2) is 11.8. The summed E-state index contributed by atoms with van der Waals surface area (Å²) in [5.74, 6) is -3.74.